The predicted molar refractivity (Wildman–Crippen MR) is 72.4 cm³/mol. The summed E-state index contributed by atoms with van der Waals surface area (Å²) in [5.41, 5.74) is 0.888. The number of halogens is 3. The fourth-order valence-electron chi connectivity index (χ4n) is 1.36. The molecule has 0 unspecified atom stereocenters. The van der Waals surface area contributed by atoms with Crippen LogP contribution in [0.5, 0.6) is 0 Å². The largest absolute Gasteiger partial charge is 0.308 e. The van der Waals surface area contributed by atoms with Crippen LogP contribution >= 0.6 is 34.8 Å². The Morgan fingerprint density at radius 1 is 1.19 bits per heavy atom. The number of rotatable bonds is 6. The summed E-state index contributed by atoms with van der Waals surface area (Å²) in [5, 5.41) is 1.55. The van der Waals surface area contributed by atoms with E-state index in [1.165, 1.54) is 0 Å². The van der Waals surface area contributed by atoms with Crippen molar-refractivity contribution in [3.8, 4) is 0 Å². The van der Waals surface area contributed by atoms with Crippen LogP contribution < -0.4 is 10.9 Å². The topological polar surface area (TPSA) is 29.3 Å². The predicted octanol–water partition coefficient (Wildman–Crippen LogP) is 3.56. The Hall–Kier alpha value is -0.150. The molecule has 90 valence electrons. The van der Waals surface area contributed by atoms with Gasteiger partial charge in [-0.3, -0.25) is 0 Å². The van der Waals surface area contributed by atoms with Crippen molar-refractivity contribution in [3.63, 3.8) is 0 Å². The van der Waals surface area contributed by atoms with E-state index in [0.717, 1.165) is 12.1 Å². The molecule has 16 heavy (non-hydrogen) atoms. The van der Waals surface area contributed by atoms with Crippen molar-refractivity contribution < 1.29 is 0 Å². The van der Waals surface area contributed by atoms with Gasteiger partial charge in [0.15, 0.2) is 0 Å². The van der Waals surface area contributed by atoms with Crippen molar-refractivity contribution in [3.05, 3.63) is 30.3 Å². The Balaban J connectivity index is 2.53. The Morgan fingerprint density at radius 3 is 2.38 bits per heavy atom. The molecule has 0 radical (unpaired) electrons. The quantitative estimate of drug-likeness (QED) is 0.491. The molecule has 2 nitrogen and oxygen atoms in total. The number of hydrazine groups is 1. The second-order valence-electron chi connectivity index (χ2n) is 3.61. The first-order chi connectivity index (χ1) is 7.55. The normalized spacial score (nSPS) is 11.5. The van der Waals surface area contributed by atoms with Crippen LogP contribution in [0.4, 0.5) is 5.69 Å². The lowest BCUT2D eigenvalue weighted by molar-refractivity contribution is 0.651. The van der Waals surface area contributed by atoms with Crippen molar-refractivity contribution in [1.82, 2.24) is 0 Å². The molecule has 0 atom stereocenters. The molecule has 0 saturated heterocycles. The maximum atomic E-state index is 6.14. The first kappa shape index (κ1) is 13.9. The van der Waals surface area contributed by atoms with E-state index in [2.05, 4.69) is 0 Å². The summed E-state index contributed by atoms with van der Waals surface area (Å²) >= 11 is 17.9. The second kappa shape index (κ2) is 6.55. The van der Waals surface area contributed by atoms with Crippen molar-refractivity contribution in [2.45, 2.75) is 17.2 Å². The zero-order chi connectivity index (χ0) is 12.0. The highest BCUT2D eigenvalue weighted by molar-refractivity contribution is 6.48. The Labute approximate surface area is 111 Å². The van der Waals surface area contributed by atoms with Gasteiger partial charge in [0.2, 0.25) is 0 Å². The van der Waals surface area contributed by atoms with Crippen LogP contribution in [0.3, 0.4) is 0 Å². The van der Waals surface area contributed by atoms with Gasteiger partial charge in [0, 0.05) is 5.88 Å². The fraction of sp³-hybridized carbons (Fsp3) is 0.455. The van der Waals surface area contributed by atoms with E-state index >= 15 is 0 Å². The molecule has 0 aromatic heterocycles. The number of nitrogens with two attached hydrogens (primary N) is 1. The van der Waals surface area contributed by atoms with Gasteiger partial charge in [-0.2, -0.15) is 0 Å². The molecule has 0 aliphatic heterocycles. The molecule has 0 fully saturated rings. The maximum Gasteiger partial charge on any atom is 0.137 e. The molecule has 1 aromatic carbocycles. The summed E-state index contributed by atoms with van der Waals surface area (Å²) in [4.78, 5) is 0. The Morgan fingerprint density at radius 2 is 1.81 bits per heavy atom. The number of para-hydroxylation sites is 1. The molecule has 5 heteroatoms. The molecule has 0 saturated carbocycles. The molecule has 0 aliphatic carbocycles. The molecule has 0 bridgehead atoms. The number of hydrogen-bond acceptors (Lipinski definition) is 2. The van der Waals surface area contributed by atoms with Gasteiger partial charge in [0.05, 0.1) is 12.2 Å². The molecular weight excluding hydrogens is 266 g/mol. The van der Waals surface area contributed by atoms with Gasteiger partial charge in [-0.1, -0.05) is 41.4 Å². The average molecular weight is 282 g/mol. The van der Waals surface area contributed by atoms with Crippen molar-refractivity contribution >= 4 is 40.5 Å². The number of anilines is 1. The standard InChI is InChI=1S/C11H15Cl3N2/c12-8-4-7-11(13,14)9-16(15)10-5-2-1-3-6-10/h1-3,5-6H,4,7-9,15H2. The fourth-order valence-corrected chi connectivity index (χ4v) is 2.02. The second-order valence-corrected chi connectivity index (χ2v) is 5.63. The number of hydrogen-bond donors (Lipinski definition) is 1. The van der Waals surface area contributed by atoms with Gasteiger partial charge >= 0.3 is 0 Å². The van der Waals surface area contributed by atoms with Crippen LogP contribution in [0.25, 0.3) is 0 Å². The average Bonchev–Trinajstić information content (AvgIpc) is 2.27. The lowest BCUT2D eigenvalue weighted by Crippen LogP contribution is -2.40. The van der Waals surface area contributed by atoms with Crippen LogP contribution in [0.2, 0.25) is 0 Å². The molecule has 0 aliphatic rings. The van der Waals surface area contributed by atoms with E-state index in [9.17, 15) is 0 Å². The van der Waals surface area contributed by atoms with E-state index in [1.54, 1.807) is 5.01 Å². The van der Waals surface area contributed by atoms with Gasteiger partial charge in [-0.25, -0.2) is 5.84 Å². The summed E-state index contributed by atoms with van der Waals surface area (Å²) in [5.74, 6) is 6.44. The van der Waals surface area contributed by atoms with E-state index in [4.69, 9.17) is 40.6 Å². The Kier molecular flexibility index (Phi) is 5.70. The van der Waals surface area contributed by atoms with Gasteiger partial charge in [0.1, 0.15) is 4.33 Å². The van der Waals surface area contributed by atoms with Crippen molar-refractivity contribution in [1.29, 1.82) is 0 Å². The third-order valence-corrected chi connectivity index (χ3v) is 3.05. The van der Waals surface area contributed by atoms with Crippen LogP contribution in [-0.2, 0) is 0 Å². The molecule has 2 N–H and O–H groups in total. The molecule has 0 amide bonds. The van der Waals surface area contributed by atoms with Crippen LogP contribution in [0.1, 0.15) is 12.8 Å². The lowest BCUT2D eigenvalue weighted by Gasteiger charge is -2.27. The lowest BCUT2D eigenvalue weighted by atomic mass is 10.2. The van der Waals surface area contributed by atoms with Gasteiger partial charge < -0.3 is 5.01 Å². The minimum Gasteiger partial charge on any atom is -0.308 e. The zero-order valence-corrected chi connectivity index (χ0v) is 11.1. The highest BCUT2D eigenvalue weighted by atomic mass is 35.5. The highest BCUT2D eigenvalue weighted by Crippen LogP contribution is 2.29. The molecular formula is C11H15Cl3N2. The minimum atomic E-state index is -0.862. The summed E-state index contributed by atoms with van der Waals surface area (Å²) in [6.45, 7) is 0.372. The third-order valence-electron chi connectivity index (χ3n) is 2.17. The molecule has 1 rings (SSSR count). The Bertz CT molecular complexity index is 303. The SMILES string of the molecule is NN(CC(Cl)(Cl)CCCCl)c1ccccc1. The number of benzene rings is 1. The number of alkyl halides is 3. The van der Waals surface area contributed by atoms with Gasteiger partial charge in [-0.05, 0) is 25.0 Å². The van der Waals surface area contributed by atoms with Crippen LogP contribution in [0, 0.1) is 0 Å². The van der Waals surface area contributed by atoms with E-state index < -0.39 is 4.33 Å². The van der Waals surface area contributed by atoms with Gasteiger partial charge in [-0.15, -0.1) is 11.6 Å². The monoisotopic (exact) mass is 280 g/mol. The van der Waals surface area contributed by atoms with Gasteiger partial charge in [0.25, 0.3) is 0 Å². The first-order valence-electron chi connectivity index (χ1n) is 5.06. The summed E-state index contributed by atoms with van der Waals surface area (Å²) in [6, 6.07) is 9.58. The first-order valence-corrected chi connectivity index (χ1v) is 6.35. The van der Waals surface area contributed by atoms with Crippen molar-refractivity contribution in [2.24, 2.45) is 5.84 Å². The van der Waals surface area contributed by atoms with Crippen LogP contribution in [-0.4, -0.2) is 16.8 Å². The molecule has 0 heterocycles. The van der Waals surface area contributed by atoms with Crippen LogP contribution in [0.15, 0.2) is 30.3 Å². The summed E-state index contributed by atoms with van der Waals surface area (Å²) in [7, 11) is 0. The highest BCUT2D eigenvalue weighted by Gasteiger charge is 2.25. The minimum absolute atomic E-state index is 0.372. The zero-order valence-electron chi connectivity index (χ0n) is 8.87. The summed E-state index contributed by atoms with van der Waals surface area (Å²) in [6.07, 6.45) is 1.40. The van der Waals surface area contributed by atoms with E-state index in [-0.39, 0.29) is 0 Å². The summed E-state index contributed by atoms with van der Waals surface area (Å²) < 4.78 is -0.862. The van der Waals surface area contributed by atoms with E-state index in [1.807, 2.05) is 30.3 Å². The third kappa shape index (κ3) is 4.79. The van der Waals surface area contributed by atoms with Crippen molar-refractivity contribution in [2.75, 3.05) is 17.4 Å². The number of nitrogens with zero attached hydrogens (tertiary/aromatic N) is 1. The smallest absolute Gasteiger partial charge is 0.137 e. The maximum absolute atomic E-state index is 6.14. The van der Waals surface area contributed by atoms with E-state index in [0.29, 0.717) is 18.8 Å². The molecule has 1 aromatic rings. The molecule has 0 spiro atoms.